The molecule has 0 bridgehead atoms. The third kappa shape index (κ3) is 1.20. The van der Waals surface area contributed by atoms with E-state index in [1.165, 1.54) is 38.8 Å². The molecule has 2 saturated heterocycles. The number of allylic oxidation sites excluding steroid dienone is 1. The summed E-state index contributed by atoms with van der Waals surface area (Å²) in [4.78, 5) is 2.68. The van der Waals surface area contributed by atoms with Crippen LogP contribution in [0.15, 0.2) is 12.7 Å². The monoisotopic (exact) mass is 165 g/mol. The summed E-state index contributed by atoms with van der Waals surface area (Å²) in [6, 6.07) is 0. The van der Waals surface area contributed by atoms with Crippen LogP contribution in [-0.2, 0) is 0 Å². The van der Waals surface area contributed by atoms with Gasteiger partial charge < -0.3 is 0 Å². The fourth-order valence-electron chi connectivity index (χ4n) is 3.01. The zero-order valence-electron chi connectivity index (χ0n) is 8.05. The van der Waals surface area contributed by atoms with Gasteiger partial charge in [-0.25, -0.2) is 0 Å². The molecule has 1 nitrogen and oxygen atoms in total. The van der Waals surface area contributed by atoms with Crippen LogP contribution in [0.4, 0.5) is 0 Å². The van der Waals surface area contributed by atoms with Gasteiger partial charge in [-0.1, -0.05) is 6.08 Å². The van der Waals surface area contributed by atoms with Crippen molar-refractivity contribution in [1.82, 2.24) is 4.90 Å². The highest BCUT2D eigenvalue weighted by molar-refractivity contribution is 5.00. The molecule has 2 rings (SSSR count). The zero-order chi connectivity index (χ0) is 8.60. The SMILES string of the molecule is C=CC[C@H]1CN2CCC[C@@]2(C)C1. The van der Waals surface area contributed by atoms with E-state index in [0.717, 1.165) is 5.92 Å². The predicted octanol–water partition coefficient (Wildman–Crippen LogP) is 2.44. The second-order valence-corrected chi connectivity index (χ2v) is 4.64. The van der Waals surface area contributed by atoms with E-state index in [2.05, 4.69) is 24.5 Å². The van der Waals surface area contributed by atoms with Crippen LogP contribution < -0.4 is 0 Å². The lowest BCUT2D eigenvalue weighted by Crippen LogP contribution is -2.34. The Balaban J connectivity index is 2.01. The molecular formula is C11H19N. The van der Waals surface area contributed by atoms with Crippen molar-refractivity contribution in [3.63, 3.8) is 0 Å². The first-order chi connectivity index (χ1) is 5.74. The maximum absolute atomic E-state index is 3.82. The van der Waals surface area contributed by atoms with E-state index in [1.807, 2.05) is 0 Å². The molecule has 2 heterocycles. The number of hydrogen-bond donors (Lipinski definition) is 0. The van der Waals surface area contributed by atoms with Gasteiger partial charge in [0, 0.05) is 12.1 Å². The lowest BCUT2D eigenvalue weighted by Gasteiger charge is -2.26. The first-order valence-corrected chi connectivity index (χ1v) is 5.10. The first kappa shape index (κ1) is 8.31. The van der Waals surface area contributed by atoms with Gasteiger partial charge in [0.1, 0.15) is 0 Å². The normalized spacial score (nSPS) is 41.6. The van der Waals surface area contributed by atoms with Gasteiger partial charge in [0.05, 0.1) is 0 Å². The van der Waals surface area contributed by atoms with E-state index in [9.17, 15) is 0 Å². The Morgan fingerprint density at radius 3 is 3.17 bits per heavy atom. The minimum atomic E-state index is 0.563. The Bertz CT molecular complexity index is 187. The average Bonchev–Trinajstić information content (AvgIpc) is 2.43. The van der Waals surface area contributed by atoms with E-state index in [4.69, 9.17) is 0 Å². The largest absolute Gasteiger partial charge is 0.298 e. The van der Waals surface area contributed by atoms with Crippen LogP contribution in [0.2, 0.25) is 0 Å². The Kier molecular flexibility index (Phi) is 1.99. The quantitative estimate of drug-likeness (QED) is 0.568. The van der Waals surface area contributed by atoms with Crippen LogP contribution in [0.5, 0.6) is 0 Å². The van der Waals surface area contributed by atoms with E-state index < -0.39 is 0 Å². The summed E-state index contributed by atoms with van der Waals surface area (Å²) in [5.41, 5.74) is 0.563. The summed E-state index contributed by atoms with van der Waals surface area (Å²) < 4.78 is 0. The molecule has 0 radical (unpaired) electrons. The van der Waals surface area contributed by atoms with Gasteiger partial charge in [0.2, 0.25) is 0 Å². The van der Waals surface area contributed by atoms with E-state index in [0.29, 0.717) is 5.54 Å². The molecule has 0 amide bonds. The predicted molar refractivity (Wildman–Crippen MR) is 52.1 cm³/mol. The molecule has 1 heteroatoms. The van der Waals surface area contributed by atoms with E-state index in [1.54, 1.807) is 0 Å². The highest BCUT2D eigenvalue weighted by Gasteiger charge is 2.43. The standard InChI is InChI=1S/C11H19N/c1-3-5-10-8-11(2)6-4-7-12(11)9-10/h3,10H,1,4-9H2,2H3/t10-,11+/m1/s1. The summed E-state index contributed by atoms with van der Waals surface area (Å²) in [6.07, 6.45) is 7.53. The summed E-state index contributed by atoms with van der Waals surface area (Å²) in [5, 5.41) is 0. The average molecular weight is 165 g/mol. The molecular weight excluding hydrogens is 146 g/mol. The molecule has 0 saturated carbocycles. The van der Waals surface area contributed by atoms with Crippen LogP contribution in [0, 0.1) is 5.92 Å². The molecule has 0 N–H and O–H groups in total. The fraction of sp³-hybridized carbons (Fsp3) is 0.818. The molecule has 2 fully saturated rings. The molecule has 0 aliphatic carbocycles. The van der Waals surface area contributed by atoms with Crippen LogP contribution in [0.1, 0.15) is 32.6 Å². The topological polar surface area (TPSA) is 3.24 Å². The van der Waals surface area contributed by atoms with Crippen molar-refractivity contribution in [2.75, 3.05) is 13.1 Å². The van der Waals surface area contributed by atoms with Gasteiger partial charge in [0.25, 0.3) is 0 Å². The molecule has 0 unspecified atom stereocenters. The third-order valence-corrected chi connectivity index (χ3v) is 3.61. The molecule has 0 aromatic carbocycles. The van der Waals surface area contributed by atoms with E-state index in [-0.39, 0.29) is 0 Å². The van der Waals surface area contributed by atoms with Gasteiger partial charge in [-0.2, -0.15) is 0 Å². The van der Waals surface area contributed by atoms with Crippen molar-refractivity contribution in [2.45, 2.75) is 38.1 Å². The van der Waals surface area contributed by atoms with Crippen LogP contribution in [-0.4, -0.2) is 23.5 Å². The second-order valence-electron chi connectivity index (χ2n) is 4.64. The Hall–Kier alpha value is -0.300. The second kappa shape index (κ2) is 2.88. The van der Waals surface area contributed by atoms with Gasteiger partial charge in [-0.3, -0.25) is 4.90 Å². The van der Waals surface area contributed by atoms with Crippen molar-refractivity contribution in [3.8, 4) is 0 Å². The summed E-state index contributed by atoms with van der Waals surface area (Å²) in [5.74, 6) is 0.896. The summed E-state index contributed by atoms with van der Waals surface area (Å²) in [7, 11) is 0. The minimum absolute atomic E-state index is 0.563. The maximum atomic E-state index is 3.82. The van der Waals surface area contributed by atoms with Gasteiger partial charge >= 0.3 is 0 Å². The van der Waals surface area contributed by atoms with Crippen LogP contribution >= 0.6 is 0 Å². The number of rotatable bonds is 2. The first-order valence-electron chi connectivity index (χ1n) is 5.10. The number of nitrogens with zero attached hydrogens (tertiary/aromatic N) is 1. The zero-order valence-corrected chi connectivity index (χ0v) is 8.05. The number of fused-ring (bicyclic) bond motifs is 1. The van der Waals surface area contributed by atoms with Crippen molar-refractivity contribution in [3.05, 3.63) is 12.7 Å². The van der Waals surface area contributed by atoms with Crippen molar-refractivity contribution < 1.29 is 0 Å². The molecule has 68 valence electrons. The van der Waals surface area contributed by atoms with Crippen molar-refractivity contribution in [1.29, 1.82) is 0 Å². The number of hydrogen-bond acceptors (Lipinski definition) is 1. The Morgan fingerprint density at radius 2 is 2.50 bits per heavy atom. The molecule has 0 aromatic rings. The van der Waals surface area contributed by atoms with Crippen LogP contribution in [0.3, 0.4) is 0 Å². The van der Waals surface area contributed by atoms with Crippen molar-refractivity contribution in [2.24, 2.45) is 5.92 Å². The Morgan fingerprint density at radius 1 is 1.67 bits per heavy atom. The molecule has 2 aliphatic heterocycles. The molecule has 12 heavy (non-hydrogen) atoms. The third-order valence-electron chi connectivity index (χ3n) is 3.61. The van der Waals surface area contributed by atoms with Gasteiger partial charge in [-0.15, -0.1) is 6.58 Å². The molecule has 2 atom stereocenters. The van der Waals surface area contributed by atoms with Gasteiger partial charge in [0.15, 0.2) is 0 Å². The minimum Gasteiger partial charge on any atom is -0.298 e. The van der Waals surface area contributed by atoms with Crippen molar-refractivity contribution >= 4 is 0 Å². The summed E-state index contributed by atoms with van der Waals surface area (Å²) in [6.45, 7) is 8.92. The molecule has 0 spiro atoms. The molecule has 0 aromatic heterocycles. The fourth-order valence-corrected chi connectivity index (χ4v) is 3.01. The van der Waals surface area contributed by atoms with Crippen LogP contribution in [0.25, 0.3) is 0 Å². The molecule has 2 aliphatic rings. The smallest absolute Gasteiger partial charge is 0.0185 e. The lowest BCUT2D eigenvalue weighted by molar-refractivity contribution is 0.218. The summed E-state index contributed by atoms with van der Waals surface area (Å²) >= 11 is 0. The highest BCUT2D eigenvalue weighted by atomic mass is 15.2. The maximum Gasteiger partial charge on any atom is 0.0185 e. The lowest BCUT2D eigenvalue weighted by atomic mass is 9.91. The van der Waals surface area contributed by atoms with E-state index >= 15 is 0 Å². The van der Waals surface area contributed by atoms with Gasteiger partial charge in [-0.05, 0) is 45.1 Å². The highest BCUT2D eigenvalue weighted by Crippen LogP contribution is 2.41. The Labute approximate surface area is 75.4 Å².